The number of likely N-dealkylation sites (tertiary alicyclic amines) is 1. The highest BCUT2D eigenvalue weighted by Gasteiger charge is 2.29. The Bertz CT molecular complexity index is 731. The molecule has 4 nitrogen and oxygen atoms in total. The van der Waals surface area contributed by atoms with Crippen molar-refractivity contribution in [2.45, 2.75) is 33.2 Å². The summed E-state index contributed by atoms with van der Waals surface area (Å²) in [6.07, 6.45) is 1.05. The number of carbonyl (C=O) groups is 1. The van der Waals surface area contributed by atoms with Crippen LogP contribution >= 0.6 is 0 Å². The van der Waals surface area contributed by atoms with Crippen molar-refractivity contribution >= 4 is 16.8 Å². The Balaban J connectivity index is 1.99. The number of aromatic amines is 1. The van der Waals surface area contributed by atoms with Crippen molar-refractivity contribution in [1.29, 1.82) is 0 Å². The van der Waals surface area contributed by atoms with E-state index in [1.54, 1.807) is 0 Å². The first-order valence-corrected chi connectivity index (χ1v) is 7.94. The van der Waals surface area contributed by atoms with Gasteiger partial charge in [-0.15, -0.1) is 0 Å². The van der Waals surface area contributed by atoms with E-state index in [4.69, 9.17) is 0 Å². The van der Waals surface area contributed by atoms with Gasteiger partial charge in [-0.3, -0.25) is 4.79 Å². The number of amides is 1. The number of aryl methyl sites for hydroxylation is 3. The van der Waals surface area contributed by atoms with E-state index in [1.165, 1.54) is 16.5 Å². The summed E-state index contributed by atoms with van der Waals surface area (Å²) < 4.78 is 0. The number of benzene rings is 1. The molecule has 118 valence electrons. The molecule has 1 amide bonds. The molecular formula is C18H25N3O. The van der Waals surface area contributed by atoms with Gasteiger partial charge in [-0.25, -0.2) is 0 Å². The number of rotatable bonds is 2. The molecule has 0 bridgehead atoms. The van der Waals surface area contributed by atoms with Crippen LogP contribution in [0.15, 0.2) is 12.1 Å². The maximum absolute atomic E-state index is 12.9. The van der Waals surface area contributed by atoms with Gasteiger partial charge in [0.05, 0.1) is 0 Å². The summed E-state index contributed by atoms with van der Waals surface area (Å²) in [5.41, 5.74) is 5.31. The van der Waals surface area contributed by atoms with Crippen LogP contribution in [-0.4, -0.2) is 53.9 Å². The fourth-order valence-corrected chi connectivity index (χ4v) is 3.58. The van der Waals surface area contributed by atoms with Gasteiger partial charge in [0.2, 0.25) is 0 Å². The predicted octanol–water partition coefficient (Wildman–Crippen LogP) is 2.87. The molecular weight excluding hydrogens is 274 g/mol. The lowest BCUT2D eigenvalue weighted by atomic mass is 10.0. The van der Waals surface area contributed by atoms with Crippen molar-refractivity contribution in [3.63, 3.8) is 0 Å². The topological polar surface area (TPSA) is 39.3 Å². The van der Waals surface area contributed by atoms with E-state index in [1.807, 2.05) is 18.9 Å². The van der Waals surface area contributed by atoms with Crippen molar-refractivity contribution in [2.75, 3.05) is 27.2 Å². The van der Waals surface area contributed by atoms with Crippen molar-refractivity contribution in [3.8, 4) is 0 Å². The summed E-state index contributed by atoms with van der Waals surface area (Å²) in [5.74, 6) is 0.104. The largest absolute Gasteiger partial charge is 0.350 e. The SMILES string of the molecule is Cc1ccc(C)c2c(C)c(C(=O)N(C)[C@@H]3CCN(C)C3)[nH]c12. The lowest BCUT2D eigenvalue weighted by molar-refractivity contribution is 0.0732. The Kier molecular flexibility index (Phi) is 3.73. The summed E-state index contributed by atoms with van der Waals surface area (Å²) in [5, 5.41) is 1.19. The molecule has 1 N–H and O–H groups in total. The molecule has 0 spiro atoms. The minimum atomic E-state index is 0.104. The van der Waals surface area contributed by atoms with E-state index in [0.29, 0.717) is 6.04 Å². The fraction of sp³-hybridized carbons (Fsp3) is 0.500. The first-order valence-electron chi connectivity index (χ1n) is 7.94. The Labute approximate surface area is 132 Å². The van der Waals surface area contributed by atoms with Gasteiger partial charge in [0.25, 0.3) is 5.91 Å². The standard InChI is InChI=1S/C18H25N3O/c1-11-6-7-12(2)16-15(11)13(3)17(19-16)18(22)21(5)14-8-9-20(4)10-14/h6-7,14,19H,8-10H2,1-5H3/t14-/m1/s1. The Hall–Kier alpha value is -1.81. The number of hydrogen-bond donors (Lipinski definition) is 1. The zero-order valence-corrected chi connectivity index (χ0v) is 14.2. The third kappa shape index (κ3) is 2.31. The van der Waals surface area contributed by atoms with Crippen molar-refractivity contribution < 1.29 is 4.79 Å². The van der Waals surface area contributed by atoms with E-state index < -0.39 is 0 Å². The Morgan fingerprint density at radius 1 is 1.27 bits per heavy atom. The molecule has 1 aromatic heterocycles. The van der Waals surface area contributed by atoms with Crippen LogP contribution in [0.4, 0.5) is 0 Å². The van der Waals surface area contributed by atoms with Gasteiger partial charge in [0.15, 0.2) is 0 Å². The van der Waals surface area contributed by atoms with E-state index in [-0.39, 0.29) is 5.91 Å². The summed E-state index contributed by atoms with van der Waals surface area (Å²) in [4.78, 5) is 20.5. The quantitative estimate of drug-likeness (QED) is 0.926. The second-order valence-corrected chi connectivity index (χ2v) is 6.70. The number of nitrogens with one attached hydrogen (secondary N) is 1. The number of H-pyrrole nitrogens is 1. The molecule has 3 rings (SSSR count). The molecule has 22 heavy (non-hydrogen) atoms. The van der Waals surface area contributed by atoms with Crippen LogP contribution in [0.2, 0.25) is 0 Å². The lowest BCUT2D eigenvalue weighted by Crippen LogP contribution is -2.39. The number of fused-ring (bicyclic) bond motifs is 1. The zero-order chi connectivity index (χ0) is 16.0. The van der Waals surface area contributed by atoms with E-state index >= 15 is 0 Å². The zero-order valence-electron chi connectivity index (χ0n) is 14.2. The highest BCUT2D eigenvalue weighted by Crippen LogP contribution is 2.28. The van der Waals surface area contributed by atoms with Gasteiger partial charge in [0, 0.05) is 30.5 Å². The van der Waals surface area contributed by atoms with E-state index in [0.717, 1.165) is 36.3 Å². The first-order chi connectivity index (χ1) is 10.4. The molecule has 1 saturated heterocycles. The number of likely N-dealkylation sites (N-methyl/N-ethyl adjacent to an activating group) is 2. The minimum Gasteiger partial charge on any atom is -0.350 e. The number of carbonyl (C=O) groups excluding carboxylic acids is 1. The van der Waals surface area contributed by atoms with Crippen LogP contribution in [0.5, 0.6) is 0 Å². The van der Waals surface area contributed by atoms with Gasteiger partial charge in [-0.2, -0.15) is 0 Å². The molecule has 0 aliphatic carbocycles. The van der Waals surface area contributed by atoms with Gasteiger partial charge >= 0.3 is 0 Å². The van der Waals surface area contributed by atoms with Crippen LogP contribution in [0.1, 0.15) is 33.6 Å². The second kappa shape index (κ2) is 5.43. The van der Waals surface area contributed by atoms with Crippen LogP contribution in [0.25, 0.3) is 10.9 Å². The maximum Gasteiger partial charge on any atom is 0.270 e. The average Bonchev–Trinajstić information content (AvgIpc) is 3.06. The predicted molar refractivity (Wildman–Crippen MR) is 90.5 cm³/mol. The van der Waals surface area contributed by atoms with E-state index in [9.17, 15) is 4.79 Å². The fourth-order valence-electron chi connectivity index (χ4n) is 3.58. The average molecular weight is 299 g/mol. The molecule has 1 aliphatic rings. The monoisotopic (exact) mass is 299 g/mol. The molecule has 4 heteroatoms. The maximum atomic E-state index is 12.9. The second-order valence-electron chi connectivity index (χ2n) is 6.70. The lowest BCUT2D eigenvalue weighted by Gasteiger charge is -2.24. The van der Waals surface area contributed by atoms with Crippen LogP contribution in [0, 0.1) is 20.8 Å². The molecule has 1 fully saturated rings. The number of hydrogen-bond acceptors (Lipinski definition) is 2. The van der Waals surface area contributed by atoms with E-state index in [2.05, 4.69) is 42.9 Å². The number of nitrogens with zero attached hydrogens (tertiary/aromatic N) is 2. The highest BCUT2D eigenvalue weighted by atomic mass is 16.2. The van der Waals surface area contributed by atoms with Gasteiger partial charge in [0.1, 0.15) is 5.69 Å². The highest BCUT2D eigenvalue weighted by molar-refractivity contribution is 6.02. The van der Waals surface area contributed by atoms with Crippen molar-refractivity contribution in [3.05, 3.63) is 34.5 Å². The Morgan fingerprint density at radius 3 is 2.55 bits per heavy atom. The van der Waals surface area contributed by atoms with Crippen LogP contribution in [-0.2, 0) is 0 Å². The van der Waals surface area contributed by atoms with Gasteiger partial charge < -0.3 is 14.8 Å². The molecule has 0 saturated carbocycles. The van der Waals surface area contributed by atoms with Crippen LogP contribution < -0.4 is 0 Å². The summed E-state index contributed by atoms with van der Waals surface area (Å²) >= 11 is 0. The third-order valence-electron chi connectivity index (χ3n) is 5.07. The molecule has 1 atom stereocenters. The molecule has 1 aliphatic heterocycles. The third-order valence-corrected chi connectivity index (χ3v) is 5.07. The molecule has 2 heterocycles. The minimum absolute atomic E-state index is 0.104. The smallest absolute Gasteiger partial charge is 0.270 e. The Morgan fingerprint density at radius 2 is 1.95 bits per heavy atom. The summed E-state index contributed by atoms with van der Waals surface area (Å²) in [6, 6.07) is 4.55. The summed E-state index contributed by atoms with van der Waals surface area (Å²) in [6.45, 7) is 8.26. The molecule has 2 aromatic rings. The molecule has 0 radical (unpaired) electrons. The number of aromatic nitrogens is 1. The van der Waals surface area contributed by atoms with Crippen molar-refractivity contribution in [1.82, 2.24) is 14.8 Å². The van der Waals surface area contributed by atoms with Gasteiger partial charge in [-0.1, -0.05) is 12.1 Å². The normalized spacial score (nSPS) is 19.0. The summed E-state index contributed by atoms with van der Waals surface area (Å²) in [7, 11) is 4.04. The molecule has 1 aromatic carbocycles. The van der Waals surface area contributed by atoms with Gasteiger partial charge in [-0.05, 0) is 57.5 Å². The molecule has 0 unspecified atom stereocenters. The van der Waals surface area contributed by atoms with Crippen molar-refractivity contribution in [2.24, 2.45) is 0 Å². The van der Waals surface area contributed by atoms with Crippen LogP contribution in [0.3, 0.4) is 0 Å². The first kappa shape index (κ1) is 15.1.